The normalized spacial score (nSPS) is 11.5. The van der Waals surface area contributed by atoms with Gasteiger partial charge in [-0.3, -0.25) is 9.98 Å². The van der Waals surface area contributed by atoms with Crippen molar-refractivity contribution in [2.75, 3.05) is 0 Å². The van der Waals surface area contributed by atoms with Crippen LogP contribution in [-0.2, 0) is 48.6 Å². The smallest absolute Gasteiger partial charge is 0.358 e. The minimum Gasteiger partial charge on any atom is -0.358 e. The van der Waals surface area contributed by atoms with Crippen molar-refractivity contribution >= 4 is 22.8 Å². The first-order chi connectivity index (χ1) is 27.9. The van der Waals surface area contributed by atoms with E-state index in [1.807, 2.05) is 0 Å². The fourth-order valence-corrected chi connectivity index (χ4v) is 7.93. The molecule has 0 saturated carbocycles. The minimum atomic E-state index is 0. The number of aryl methyl sites for hydroxylation is 4. The molecule has 3 heteroatoms. The second-order valence-electron chi connectivity index (χ2n) is 16.6. The van der Waals surface area contributed by atoms with Gasteiger partial charge in [-0.05, 0) is 141 Å². The number of unbranched alkanes of at least 4 members (excludes halogenated alkanes) is 14. The van der Waals surface area contributed by atoms with Crippen molar-refractivity contribution in [3.8, 4) is 11.1 Å². The van der Waals surface area contributed by atoms with E-state index in [9.17, 15) is 0 Å². The Morgan fingerprint density at radius 3 is 1.36 bits per heavy atom. The molecule has 0 spiro atoms. The molecule has 3 aromatic carbocycles. The summed E-state index contributed by atoms with van der Waals surface area (Å²) in [7, 11) is 0. The second-order valence-corrected chi connectivity index (χ2v) is 16.6. The van der Waals surface area contributed by atoms with Crippen LogP contribution in [0.1, 0.15) is 218 Å². The molecule has 2 nitrogen and oxygen atoms in total. The van der Waals surface area contributed by atoms with Crippen LogP contribution in [0.15, 0.2) is 64.6 Å². The summed E-state index contributed by atoms with van der Waals surface area (Å²) in [5, 5.41) is 0. The first-order valence-corrected chi connectivity index (χ1v) is 24.2. The average Bonchev–Trinajstić information content (AvgIpc) is 3.23. The van der Waals surface area contributed by atoms with Gasteiger partial charge in [-0.15, -0.1) is 0 Å². The van der Waals surface area contributed by atoms with Crippen molar-refractivity contribution in [3.05, 3.63) is 96.8 Å². The SMILES string of the molecule is CCCCCCCCc1cc(N=C(C)C(CC)=Nc2cc(CCCC)c(-c3ccccc3)c(CCCCCC)c2)cc(CCCC)c1CCCCCC.[CH2-]CCC.[CH3-].[Ni+2]. The maximum Gasteiger partial charge on any atom is 2.00 e. The summed E-state index contributed by atoms with van der Waals surface area (Å²) in [4.78, 5) is 10.8. The number of rotatable bonds is 29. The molecule has 0 heterocycles. The Kier molecular flexibility index (Phi) is 34.6. The Balaban J connectivity index is 0.00000535. The maximum absolute atomic E-state index is 5.42. The molecule has 0 atom stereocenters. The van der Waals surface area contributed by atoms with E-state index in [0.717, 1.165) is 54.9 Å². The number of hydrogen-bond donors (Lipinski definition) is 0. The van der Waals surface area contributed by atoms with Gasteiger partial charge in [-0.1, -0.05) is 169 Å². The van der Waals surface area contributed by atoms with Crippen LogP contribution in [-0.4, -0.2) is 11.4 Å². The fourth-order valence-electron chi connectivity index (χ4n) is 7.93. The largest absolute Gasteiger partial charge is 2.00 e. The van der Waals surface area contributed by atoms with Gasteiger partial charge < -0.3 is 14.4 Å². The molecule has 0 N–H and O–H groups in total. The van der Waals surface area contributed by atoms with Gasteiger partial charge in [0.05, 0.1) is 22.8 Å². The molecule has 0 aliphatic rings. The molecule has 59 heavy (non-hydrogen) atoms. The van der Waals surface area contributed by atoms with E-state index in [1.165, 1.54) is 157 Å². The Bertz CT molecular complexity index is 1530. The van der Waals surface area contributed by atoms with Gasteiger partial charge in [0.25, 0.3) is 0 Å². The van der Waals surface area contributed by atoms with Gasteiger partial charge in [-0.25, -0.2) is 0 Å². The second kappa shape index (κ2) is 36.2. The van der Waals surface area contributed by atoms with Crippen LogP contribution in [0.2, 0.25) is 0 Å². The van der Waals surface area contributed by atoms with Crippen molar-refractivity contribution in [1.29, 1.82) is 0 Å². The van der Waals surface area contributed by atoms with Gasteiger partial charge >= 0.3 is 16.5 Å². The molecule has 3 aromatic rings. The first-order valence-electron chi connectivity index (χ1n) is 24.2. The van der Waals surface area contributed by atoms with Crippen LogP contribution in [0.5, 0.6) is 0 Å². The van der Waals surface area contributed by atoms with E-state index in [4.69, 9.17) is 9.98 Å². The topological polar surface area (TPSA) is 24.7 Å². The van der Waals surface area contributed by atoms with Crippen molar-refractivity contribution in [2.45, 2.75) is 222 Å². The molecule has 0 bridgehead atoms. The first kappa shape index (κ1) is 56.5. The van der Waals surface area contributed by atoms with Crippen molar-refractivity contribution in [1.82, 2.24) is 0 Å². The molecular formula is C56H90N2Ni. The third kappa shape index (κ3) is 22.2. The van der Waals surface area contributed by atoms with E-state index in [0.29, 0.717) is 0 Å². The predicted molar refractivity (Wildman–Crippen MR) is 265 cm³/mol. The van der Waals surface area contributed by atoms with Gasteiger partial charge in [0.15, 0.2) is 0 Å². The standard InChI is InChI=1S/C51H78N2.C4H9.CH3.Ni/c1-8-14-19-22-23-26-34-44-38-47(37-43(30-17-11-4)49(44)36-29-21-16-10-3)52-41(7)50(13-6)53-48-39-45(31-18-12-5)51(42-32-27-24-28-33-42)46(40-48)35-25-20-15-9-2;1-3-4-2;;/h24,27-28,32-33,37-40H,8-23,25-26,29-31,34-36H2,1-7H3;1,3-4H2,2H3;1H3;/q;2*-1;+2. The molecular weight excluding hydrogens is 759 g/mol. The van der Waals surface area contributed by atoms with Crippen molar-refractivity contribution in [2.24, 2.45) is 9.98 Å². The third-order valence-corrected chi connectivity index (χ3v) is 11.4. The summed E-state index contributed by atoms with van der Waals surface area (Å²) < 4.78 is 0. The molecule has 0 aliphatic heterocycles. The van der Waals surface area contributed by atoms with E-state index >= 15 is 0 Å². The number of aliphatic imine (C=N–C) groups is 2. The predicted octanol–water partition coefficient (Wildman–Crippen LogP) is 18.5. The Hall–Kier alpha value is -2.51. The maximum atomic E-state index is 5.42. The molecule has 0 unspecified atom stereocenters. The molecule has 0 fully saturated rings. The van der Waals surface area contributed by atoms with Crippen LogP contribution < -0.4 is 0 Å². The zero-order valence-corrected chi connectivity index (χ0v) is 41.0. The number of nitrogens with zero attached hydrogens (tertiary/aromatic N) is 2. The number of benzene rings is 3. The van der Waals surface area contributed by atoms with Crippen LogP contribution in [0.4, 0.5) is 11.4 Å². The monoisotopic (exact) mass is 849 g/mol. The molecule has 334 valence electrons. The summed E-state index contributed by atoms with van der Waals surface area (Å²) in [6.07, 6.45) is 32.1. The molecule has 0 saturated heterocycles. The van der Waals surface area contributed by atoms with Gasteiger partial charge in [0, 0.05) is 0 Å². The fraction of sp³-hybridized carbons (Fsp3) is 0.607. The van der Waals surface area contributed by atoms with Crippen molar-refractivity contribution < 1.29 is 16.5 Å². The summed E-state index contributed by atoms with van der Waals surface area (Å²) in [6.45, 7) is 21.7. The quantitative estimate of drug-likeness (QED) is 0.0288. The number of hydrogen-bond acceptors (Lipinski definition) is 2. The molecule has 3 rings (SSSR count). The van der Waals surface area contributed by atoms with Crippen LogP contribution in [0.3, 0.4) is 0 Å². The minimum absolute atomic E-state index is 0. The summed E-state index contributed by atoms with van der Waals surface area (Å²) in [5.74, 6) is 0. The Morgan fingerprint density at radius 2 is 0.864 bits per heavy atom. The van der Waals surface area contributed by atoms with Gasteiger partial charge in [0.2, 0.25) is 0 Å². The molecule has 0 aliphatic carbocycles. The molecule has 0 amide bonds. The third-order valence-electron chi connectivity index (χ3n) is 11.4. The summed E-state index contributed by atoms with van der Waals surface area (Å²) >= 11 is 0. The van der Waals surface area contributed by atoms with Crippen molar-refractivity contribution in [3.63, 3.8) is 0 Å². The van der Waals surface area contributed by atoms with Gasteiger partial charge in [-0.2, -0.15) is 6.42 Å². The Labute approximate surface area is 377 Å². The van der Waals surface area contributed by atoms with Crippen LogP contribution in [0.25, 0.3) is 11.1 Å². The summed E-state index contributed by atoms with van der Waals surface area (Å²) in [5.41, 5.74) is 14.9. The van der Waals surface area contributed by atoms with E-state index < -0.39 is 0 Å². The summed E-state index contributed by atoms with van der Waals surface area (Å²) in [6, 6.07) is 20.8. The Morgan fingerprint density at radius 1 is 0.475 bits per heavy atom. The molecule has 0 radical (unpaired) electrons. The van der Waals surface area contributed by atoms with Crippen LogP contribution in [0, 0.1) is 14.4 Å². The van der Waals surface area contributed by atoms with E-state index in [1.54, 1.807) is 16.7 Å². The van der Waals surface area contributed by atoms with Crippen LogP contribution >= 0.6 is 0 Å². The zero-order chi connectivity index (χ0) is 41.5. The zero-order valence-electron chi connectivity index (χ0n) is 40.0. The molecule has 0 aromatic heterocycles. The van der Waals surface area contributed by atoms with E-state index in [2.05, 4.69) is 117 Å². The van der Waals surface area contributed by atoms with Gasteiger partial charge in [0.1, 0.15) is 0 Å². The van der Waals surface area contributed by atoms with E-state index in [-0.39, 0.29) is 23.9 Å². The average molecular weight is 850 g/mol.